The van der Waals surface area contributed by atoms with Crippen LogP contribution in [0.25, 0.3) is 0 Å². The van der Waals surface area contributed by atoms with E-state index < -0.39 is 12.1 Å². The largest absolute Gasteiger partial charge is 0.466 e. The highest BCUT2D eigenvalue weighted by Crippen LogP contribution is 2.39. The van der Waals surface area contributed by atoms with E-state index in [0.29, 0.717) is 56.8 Å². The average molecular weight is 539 g/mol. The fourth-order valence-corrected chi connectivity index (χ4v) is 6.13. The molecule has 0 aliphatic carbocycles. The number of nitrogens with one attached hydrogen (secondary N) is 1. The van der Waals surface area contributed by atoms with Crippen molar-refractivity contribution in [2.45, 2.75) is 72.9 Å². The lowest BCUT2D eigenvalue weighted by atomic mass is 9.91. The number of rotatable bonds is 8. The van der Waals surface area contributed by atoms with Gasteiger partial charge in [-0.2, -0.15) is 0 Å². The van der Waals surface area contributed by atoms with Gasteiger partial charge in [0.15, 0.2) is 0 Å². The standard InChI is InChI=1S/C30H42N4O5/c1-7-33-24-17-34(28(36)25(24)26(31-30(33)38)22-12-11-19(5)15-20(22)6)23(14-18(3)4)27(35)32-13-9-10-21(16-32)29(37)39-8-2/h11-12,15,18,21,23,26H,7-10,13-14,16-17H2,1-6H3,(H,31,38)/t21-,23-,26-/m1/s1. The van der Waals surface area contributed by atoms with E-state index in [1.165, 1.54) is 0 Å². The summed E-state index contributed by atoms with van der Waals surface area (Å²) in [5.74, 6) is -0.826. The highest BCUT2D eigenvalue weighted by molar-refractivity contribution is 6.03. The number of urea groups is 1. The Kier molecular flexibility index (Phi) is 8.67. The minimum absolute atomic E-state index is 0.142. The van der Waals surface area contributed by atoms with E-state index in [1.807, 2.05) is 52.8 Å². The van der Waals surface area contributed by atoms with Crippen LogP contribution in [0, 0.1) is 25.7 Å². The molecule has 4 rings (SSSR count). The summed E-state index contributed by atoms with van der Waals surface area (Å²) >= 11 is 0. The number of likely N-dealkylation sites (N-methyl/N-ethyl adjacent to an activating group) is 1. The molecular formula is C30H42N4O5. The third-order valence-electron chi connectivity index (χ3n) is 8.01. The second kappa shape index (κ2) is 11.8. The minimum atomic E-state index is -0.683. The van der Waals surface area contributed by atoms with Gasteiger partial charge in [-0.25, -0.2) is 4.79 Å². The number of carbonyl (C=O) groups is 4. The van der Waals surface area contributed by atoms with Gasteiger partial charge in [0.2, 0.25) is 5.91 Å². The summed E-state index contributed by atoms with van der Waals surface area (Å²) in [6.07, 6.45) is 1.89. The molecule has 39 heavy (non-hydrogen) atoms. The molecular weight excluding hydrogens is 496 g/mol. The van der Waals surface area contributed by atoms with Gasteiger partial charge in [-0.15, -0.1) is 0 Å². The lowest BCUT2D eigenvalue weighted by Gasteiger charge is -2.37. The van der Waals surface area contributed by atoms with Gasteiger partial charge in [0.25, 0.3) is 5.91 Å². The smallest absolute Gasteiger partial charge is 0.322 e. The van der Waals surface area contributed by atoms with Crippen molar-refractivity contribution in [1.82, 2.24) is 20.0 Å². The molecule has 0 spiro atoms. The Morgan fingerprint density at radius 3 is 2.54 bits per heavy atom. The molecule has 0 bridgehead atoms. The van der Waals surface area contributed by atoms with E-state index in [0.717, 1.165) is 16.7 Å². The second-order valence-corrected chi connectivity index (χ2v) is 11.3. The molecule has 3 aliphatic rings. The molecule has 0 radical (unpaired) electrons. The van der Waals surface area contributed by atoms with Crippen molar-refractivity contribution >= 4 is 23.8 Å². The van der Waals surface area contributed by atoms with Crippen LogP contribution in [0.4, 0.5) is 4.79 Å². The van der Waals surface area contributed by atoms with Gasteiger partial charge in [0, 0.05) is 19.6 Å². The van der Waals surface area contributed by atoms with Crippen LogP contribution in [0.2, 0.25) is 0 Å². The molecule has 212 valence electrons. The molecule has 1 saturated heterocycles. The second-order valence-electron chi connectivity index (χ2n) is 11.3. The molecule has 3 aliphatic heterocycles. The number of hydrogen-bond donors (Lipinski definition) is 1. The number of ether oxygens (including phenoxy) is 1. The predicted octanol–water partition coefficient (Wildman–Crippen LogP) is 3.70. The maximum Gasteiger partial charge on any atom is 0.322 e. The summed E-state index contributed by atoms with van der Waals surface area (Å²) in [5, 5.41) is 3.05. The molecule has 3 heterocycles. The predicted molar refractivity (Wildman–Crippen MR) is 147 cm³/mol. The van der Waals surface area contributed by atoms with Crippen LogP contribution < -0.4 is 5.32 Å². The summed E-state index contributed by atoms with van der Waals surface area (Å²) in [4.78, 5) is 58.8. The van der Waals surface area contributed by atoms with E-state index in [4.69, 9.17) is 4.74 Å². The Hall–Kier alpha value is -3.36. The first-order valence-corrected chi connectivity index (χ1v) is 14.2. The van der Waals surface area contributed by atoms with Crippen molar-refractivity contribution in [2.75, 3.05) is 32.8 Å². The summed E-state index contributed by atoms with van der Waals surface area (Å²) in [5.41, 5.74) is 4.19. The molecule has 1 aromatic rings. The Bertz CT molecular complexity index is 1180. The topological polar surface area (TPSA) is 99.3 Å². The first-order valence-electron chi connectivity index (χ1n) is 14.2. The molecule has 9 heteroatoms. The molecule has 9 nitrogen and oxygen atoms in total. The summed E-state index contributed by atoms with van der Waals surface area (Å²) in [6, 6.07) is 4.50. The molecule has 0 unspecified atom stereocenters. The normalized spacial score (nSPS) is 22.3. The van der Waals surface area contributed by atoms with Crippen LogP contribution in [0.1, 0.15) is 69.7 Å². The molecule has 0 aromatic heterocycles. The molecule has 3 atom stereocenters. The van der Waals surface area contributed by atoms with Crippen LogP contribution in [-0.4, -0.2) is 77.3 Å². The highest BCUT2D eigenvalue weighted by Gasteiger charge is 2.48. The quantitative estimate of drug-likeness (QED) is 0.509. The Labute approximate surface area is 231 Å². The third kappa shape index (κ3) is 5.68. The van der Waals surface area contributed by atoms with Gasteiger partial charge in [0.1, 0.15) is 6.04 Å². The minimum Gasteiger partial charge on any atom is -0.466 e. The zero-order valence-corrected chi connectivity index (χ0v) is 24.1. The van der Waals surface area contributed by atoms with Crippen molar-refractivity contribution < 1.29 is 23.9 Å². The van der Waals surface area contributed by atoms with E-state index in [-0.39, 0.29) is 42.2 Å². The highest BCUT2D eigenvalue weighted by atomic mass is 16.5. The van der Waals surface area contributed by atoms with Gasteiger partial charge in [-0.3, -0.25) is 19.3 Å². The Morgan fingerprint density at radius 2 is 1.90 bits per heavy atom. The maximum absolute atomic E-state index is 14.2. The van der Waals surface area contributed by atoms with Crippen LogP contribution in [-0.2, 0) is 19.1 Å². The van der Waals surface area contributed by atoms with Gasteiger partial charge < -0.3 is 19.9 Å². The van der Waals surface area contributed by atoms with Gasteiger partial charge in [0.05, 0.1) is 36.4 Å². The SMILES string of the molecule is CCOC(=O)[C@@H]1CCCN(C(=O)[C@@H](CC(C)C)N2CC3=C(C2=O)[C@@H](c2ccc(C)cc2C)NC(=O)N3CC)C1. The summed E-state index contributed by atoms with van der Waals surface area (Å²) in [6.45, 7) is 13.5. The van der Waals surface area contributed by atoms with Crippen molar-refractivity contribution in [3.8, 4) is 0 Å². The summed E-state index contributed by atoms with van der Waals surface area (Å²) in [7, 11) is 0. The monoisotopic (exact) mass is 538 g/mol. The Balaban J connectivity index is 1.66. The van der Waals surface area contributed by atoms with Crippen molar-refractivity contribution in [1.29, 1.82) is 0 Å². The molecule has 0 saturated carbocycles. The number of benzene rings is 1. The van der Waals surface area contributed by atoms with E-state index in [2.05, 4.69) is 5.32 Å². The van der Waals surface area contributed by atoms with E-state index >= 15 is 0 Å². The molecule has 1 aromatic carbocycles. The fourth-order valence-electron chi connectivity index (χ4n) is 6.13. The lowest BCUT2D eigenvalue weighted by molar-refractivity contribution is -0.153. The van der Waals surface area contributed by atoms with Crippen molar-refractivity contribution in [2.24, 2.45) is 11.8 Å². The third-order valence-corrected chi connectivity index (χ3v) is 8.01. The molecule has 1 N–H and O–H groups in total. The fraction of sp³-hybridized carbons (Fsp3) is 0.600. The van der Waals surface area contributed by atoms with Gasteiger partial charge in [-0.05, 0) is 64.0 Å². The number of likely N-dealkylation sites (tertiary alicyclic amines) is 1. The zero-order chi connectivity index (χ0) is 28.4. The van der Waals surface area contributed by atoms with Crippen LogP contribution >= 0.6 is 0 Å². The number of nitrogens with zero attached hydrogens (tertiary/aromatic N) is 3. The van der Waals surface area contributed by atoms with Gasteiger partial charge >= 0.3 is 12.0 Å². The van der Waals surface area contributed by atoms with Crippen molar-refractivity contribution in [3.05, 3.63) is 46.2 Å². The molecule has 1 fully saturated rings. The number of piperidine rings is 1. The van der Waals surface area contributed by atoms with E-state index in [9.17, 15) is 19.2 Å². The average Bonchev–Trinajstić information content (AvgIpc) is 3.23. The lowest BCUT2D eigenvalue weighted by Crippen LogP contribution is -2.53. The maximum atomic E-state index is 14.2. The van der Waals surface area contributed by atoms with Crippen LogP contribution in [0.3, 0.4) is 0 Å². The first-order chi connectivity index (χ1) is 18.6. The number of carbonyl (C=O) groups excluding carboxylic acids is 4. The van der Waals surface area contributed by atoms with Crippen LogP contribution in [0.15, 0.2) is 29.5 Å². The number of esters is 1. The molecule has 4 amide bonds. The Morgan fingerprint density at radius 1 is 1.15 bits per heavy atom. The number of amides is 4. The number of aryl methyl sites for hydroxylation is 2. The van der Waals surface area contributed by atoms with Crippen molar-refractivity contribution in [3.63, 3.8) is 0 Å². The summed E-state index contributed by atoms with van der Waals surface area (Å²) < 4.78 is 5.23. The zero-order valence-electron chi connectivity index (χ0n) is 24.1. The van der Waals surface area contributed by atoms with E-state index in [1.54, 1.807) is 21.6 Å². The van der Waals surface area contributed by atoms with Crippen LogP contribution in [0.5, 0.6) is 0 Å². The van der Waals surface area contributed by atoms with Gasteiger partial charge in [-0.1, -0.05) is 37.6 Å². The number of hydrogen-bond acceptors (Lipinski definition) is 5. The first kappa shape index (κ1) is 28.6.